The Morgan fingerprint density at radius 3 is 2.78 bits per heavy atom. The van der Waals surface area contributed by atoms with Gasteiger partial charge in [0.05, 0.1) is 5.69 Å². The molecule has 0 atom stereocenters. The lowest BCUT2D eigenvalue weighted by molar-refractivity contribution is 0.392. The van der Waals surface area contributed by atoms with E-state index in [0.29, 0.717) is 0 Å². The first-order chi connectivity index (χ1) is 11.2. The molecule has 0 bridgehead atoms. The molecular weight excluding hydrogens is 288 g/mol. The van der Waals surface area contributed by atoms with Gasteiger partial charge in [-0.1, -0.05) is 16.8 Å². The van der Waals surface area contributed by atoms with Crippen LogP contribution in [0, 0.1) is 13.8 Å². The minimum absolute atomic E-state index is 0.737. The number of guanidine groups is 1. The van der Waals surface area contributed by atoms with Crippen molar-refractivity contribution in [3.63, 3.8) is 0 Å². The lowest BCUT2D eigenvalue weighted by atomic mass is 9.97. The van der Waals surface area contributed by atoms with Gasteiger partial charge in [-0.25, -0.2) is 0 Å². The Hall–Kier alpha value is -1.78. The van der Waals surface area contributed by atoms with Crippen LogP contribution in [0.5, 0.6) is 0 Å². The van der Waals surface area contributed by atoms with Crippen LogP contribution in [0.1, 0.15) is 56.0 Å². The van der Waals surface area contributed by atoms with Crippen LogP contribution in [0.4, 0.5) is 0 Å². The Morgan fingerprint density at radius 2 is 2.13 bits per heavy atom. The Bertz CT molecular complexity index is 526. The van der Waals surface area contributed by atoms with E-state index in [0.717, 1.165) is 49.9 Å². The molecule has 0 saturated carbocycles. The average Bonchev–Trinajstić information content (AvgIpc) is 2.88. The summed E-state index contributed by atoms with van der Waals surface area (Å²) in [6, 6.07) is 0. The highest BCUT2D eigenvalue weighted by atomic mass is 16.5. The number of rotatable bonds is 7. The molecule has 1 aliphatic carbocycles. The number of allylic oxidation sites excluding steroid dienone is 1. The maximum atomic E-state index is 5.20. The fourth-order valence-electron chi connectivity index (χ4n) is 2.95. The maximum Gasteiger partial charge on any atom is 0.191 e. The summed E-state index contributed by atoms with van der Waals surface area (Å²) >= 11 is 0. The number of nitrogens with zero attached hydrogens (tertiary/aromatic N) is 2. The van der Waals surface area contributed by atoms with Crippen LogP contribution in [0.3, 0.4) is 0 Å². The van der Waals surface area contributed by atoms with Gasteiger partial charge in [-0.2, -0.15) is 0 Å². The first kappa shape index (κ1) is 17.6. The van der Waals surface area contributed by atoms with Gasteiger partial charge < -0.3 is 15.2 Å². The third-order valence-electron chi connectivity index (χ3n) is 4.28. The van der Waals surface area contributed by atoms with Gasteiger partial charge in [0, 0.05) is 25.2 Å². The fourth-order valence-corrected chi connectivity index (χ4v) is 2.95. The maximum absolute atomic E-state index is 5.20. The number of hydrogen-bond donors (Lipinski definition) is 2. The highest BCUT2D eigenvalue weighted by molar-refractivity contribution is 5.79. The van der Waals surface area contributed by atoms with Gasteiger partial charge in [-0.15, -0.1) is 0 Å². The molecule has 0 spiro atoms. The van der Waals surface area contributed by atoms with Gasteiger partial charge in [0.1, 0.15) is 5.76 Å². The van der Waals surface area contributed by atoms with Gasteiger partial charge in [-0.05, 0) is 59.3 Å². The normalized spacial score (nSPS) is 15.4. The van der Waals surface area contributed by atoms with E-state index in [1.807, 2.05) is 13.8 Å². The molecule has 0 radical (unpaired) electrons. The molecule has 1 aromatic rings. The zero-order chi connectivity index (χ0) is 16.5. The van der Waals surface area contributed by atoms with E-state index in [1.54, 1.807) is 5.57 Å². The van der Waals surface area contributed by atoms with E-state index in [-0.39, 0.29) is 0 Å². The molecule has 23 heavy (non-hydrogen) atoms. The number of hydrogen-bond acceptors (Lipinski definition) is 3. The van der Waals surface area contributed by atoms with Crippen molar-refractivity contribution in [2.24, 2.45) is 4.99 Å². The molecule has 0 aliphatic heterocycles. The summed E-state index contributed by atoms with van der Waals surface area (Å²) in [4.78, 5) is 4.66. The first-order valence-corrected chi connectivity index (χ1v) is 8.82. The van der Waals surface area contributed by atoms with Crippen molar-refractivity contribution in [3.05, 3.63) is 28.7 Å². The highest BCUT2D eigenvalue weighted by Gasteiger charge is 2.08. The second-order valence-electron chi connectivity index (χ2n) is 6.10. The molecule has 1 aliphatic rings. The van der Waals surface area contributed by atoms with E-state index >= 15 is 0 Å². The predicted molar refractivity (Wildman–Crippen MR) is 94.8 cm³/mol. The average molecular weight is 318 g/mol. The Kier molecular flexibility index (Phi) is 7.17. The summed E-state index contributed by atoms with van der Waals surface area (Å²) in [5.74, 6) is 1.80. The molecule has 5 nitrogen and oxygen atoms in total. The van der Waals surface area contributed by atoms with Crippen molar-refractivity contribution >= 4 is 5.96 Å². The molecule has 128 valence electrons. The summed E-state index contributed by atoms with van der Waals surface area (Å²) in [5, 5.41) is 10.7. The van der Waals surface area contributed by atoms with Gasteiger partial charge in [0.2, 0.25) is 0 Å². The second kappa shape index (κ2) is 9.38. The van der Waals surface area contributed by atoms with E-state index in [4.69, 9.17) is 4.52 Å². The van der Waals surface area contributed by atoms with Crippen molar-refractivity contribution in [1.29, 1.82) is 0 Å². The molecule has 0 aromatic carbocycles. The molecule has 2 rings (SSSR count). The van der Waals surface area contributed by atoms with Crippen molar-refractivity contribution in [2.45, 2.75) is 59.3 Å². The third kappa shape index (κ3) is 5.73. The lowest BCUT2D eigenvalue weighted by Crippen LogP contribution is -2.38. The minimum atomic E-state index is 0.737. The second-order valence-corrected chi connectivity index (χ2v) is 6.10. The largest absolute Gasteiger partial charge is 0.361 e. The molecule has 0 amide bonds. The van der Waals surface area contributed by atoms with Crippen LogP contribution < -0.4 is 10.6 Å². The quantitative estimate of drug-likeness (QED) is 0.460. The van der Waals surface area contributed by atoms with E-state index in [2.05, 4.69) is 33.8 Å². The van der Waals surface area contributed by atoms with Crippen LogP contribution >= 0.6 is 0 Å². The fraction of sp³-hybridized carbons (Fsp3) is 0.667. The van der Waals surface area contributed by atoms with Gasteiger partial charge in [0.15, 0.2) is 5.96 Å². The number of aromatic nitrogens is 1. The smallest absolute Gasteiger partial charge is 0.191 e. The van der Waals surface area contributed by atoms with Crippen molar-refractivity contribution in [1.82, 2.24) is 15.8 Å². The Morgan fingerprint density at radius 1 is 1.26 bits per heavy atom. The molecule has 1 heterocycles. The number of aryl methyl sites for hydroxylation is 2. The van der Waals surface area contributed by atoms with Gasteiger partial charge in [0.25, 0.3) is 0 Å². The highest BCUT2D eigenvalue weighted by Crippen LogP contribution is 2.19. The summed E-state index contributed by atoms with van der Waals surface area (Å²) in [7, 11) is 0. The third-order valence-corrected chi connectivity index (χ3v) is 4.28. The van der Waals surface area contributed by atoms with Crippen LogP contribution in [-0.4, -0.2) is 30.8 Å². The van der Waals surface area contributed by atoms with E-state index in [1.165, 1.54) is 31.2 Å². The summed E-state index contributed by atoms with van der Waals surface area (Å²) in [6.45, 7) is 8.59. The molecule has 2 N–H and O–H groups in total. The zero-order valence-corrected chi connectivity index (χ0v) is 14.7. The molecule has 5 heteroatoms. The van der Waals surface area contributed by atoms with Crippen molar-refractivity contribution in [2.75, 3.05) is 19.6 Å². The molecule has 0 fully saturated rings. The van der Waals surface area contributed by atoms with Gasteiger partial charge in [-0.3, -0.25) is 4.99 Å². The summed E-state index contributed by atoms with van der Waals surface area (Å²) < 4.78 is 5.20. The minimum Gasteiger partial charge on any atom is -0.361 e. The van der Waals surface area contributed by atoms with Crippen LogP contribution in [0.15, 0.2) is 21.2 Å². The first-order valence-electron chi connectivity index (χ1n) is 8.82. The molecule has 1 aromatic heterocycles. The monoisotopic (exact) mass is 318 g/mol. The Labute approximate surface area is 139 Å². The Balaban J connectivity index is 1.78. The zero-order valence-electron chi connectivity index (χ0n) is 14.7. The van der Waals surface area contributed by atoms with Crippen LogP contribution in [0.25, 0.3) is 0 Å². The molecular formula is C18H30N4O. The summed E-state index contributed by atoms with van der Waals surface area (Å²) in [5.41, 5.74) is 3.74. The molecule has 0 saturated heterocycles. The van der Waals surface area contributed by atoms with Crippen LogP contribution in [-0.2, 0) is 6.42 Å². The number of nitrogens with one attached hydrogen (secondary N) is 2. The summed E-state index contributed by atoms with van der Waals surface area (Å²) in [6.07, 6.45) is 9.60. The topological polar surface area (TPSA) is 62.5 Å². The predicted octanol–water partition coefficient (Wildman–Crippen LogP) is 3.28. The van der Waals surface area contributed by atoms with Gasteiger partial charge >= 0.3 is 0 Å². The van der Waals surface area contributed by atoms with Crippen LogP contribution in [0.2, 0.25) is 0 Å². The molecule has 0 unspecified atom stereocenters. The van der Waals surface area contributed by atoms with E-state index in [9.17, 15) is 0 Å². The number of aliphatic imine (C=N–C) groups is 1. The standard InChI is InChI=1S/C18H30N4O/c1-4-19-18(20-12-10-16-8-6-5-7-9-16)21-13-11-17-14(2)22-23-15(17)3/h8H,4-7,9-13H2,1-3H3,(H2,19,20,21). The van der Waals surface area contributed by atoms with Crippen molar-refractivity contribution in [3.8, 4) is 0 Å². The van der Waals surface area contributed by atoms with E-state index < -0.39 is 0 Å². The lowest BCUT2D eigenvalue weighted by Gasteiger charge is -2.15. The van der Waals surface area contributed by atoms with Crippen molar-refractivity contribution < 1.29 is 4.52 Å². The SMILES string of the molecule is CCNC(=NCCc1c(C)noc1C)NCCC1=CCCCC1.